The van der Waals surface area contributed by atoms with E-state index in [1.807, 2.05) is 54.8 Å². The lowest BCUT2D eigenvalue weighted by Crippen LogP contribution is -2.00. The van der Waals surface area contributed by atoms with Gasteiger partial charge < -0.3 is 5.11 Å². The highest BCUT2D eigenvalue weighted by Gasteiger charge is 2.17. The van der Waals surface area contributed by atoms with Crippen molar-refractivity contribution in [2.24, 2.45) is 0 Å². The Hall–Kier alpha value is -1.35. The fourth-order valence-electron chi connectivity index (χ4n) is 2.33. The van der Waals surface area contributed by atoms with E-state index in [4.69, 9.17) is 11.6 Å². The number of rotatable bonds is 2. The Labute approximate surface area is 121 Å². The highest BCUT2D eigenvalue weighted by atomic mass is 35.5. The van der Waals surface area contributed by atoms with Crippen LogP contribution < -0.4 is 0 Å². The summed E-state index contributed by atoms with van der Waals surface area (Å²) in [7, 11) is 0. The molecule has 1 aromatic heterocycles. The average Bonchev–Trinajstić information content (AvgIpc) is 2.85. The molecule has 96 valence electrons. The van der Waals surface area contributed by atoms with Gasteiger partial charge in [-0.1, -0.05) is 41.9 Å². The summed E-state index contributed by atoms with van der Waals surface area (Å²) in [4.78, 5) is 0.993. The Morgan fingerprint density at radius 2 is 1.79 bits per heavy atom. The molecule has 1 heterocycles. The zero-order valence-corrected chi connectivity index (χ0v) is 12.0. The van der Waals surface area contributed by atoms with Crippen LogP contribution in [0.1, 0.15) is 22.1 Å². The first-order valence-electron chi connectivity index (χ1n) is 6.07. The van der Waals surface area contributed by atoms with Crippen molar-refractivity contribution in [3.8, 4) is 0 Å². The molecule has 0 fully saturated rings. The normalized spacial score (nSPS) is 12.8. The van der Waals surface area contributed by atoms with Crippen molar-refractivity contribution in [2.45, 2.75) is 13.0 Å². The van der Waals surface area contributed by atoms with E-state index in [1.165, 1.54) is 0 Å². The topological polar surface area (TPSA) is 20.2 Å². The summed E-state index contributed by atoms with van der Waals surface area (Å²) in [5, 5.41) is 15.3. The van der Waals surface area contributed by atoms with Crippen molar-refractivity contribution in [1.29, 1.82) is 0 Å². The van der Waals surface area contributed by atoms with E-state index < -0.39 is 6.10 Å². The first kappa shape index (κ1) is 12.7. The number of hydrogen-bond acceptors (Lipinski definition) is 2. The quantitative estimate of drug-likeness (QED) is 0.708. The second-order valence-electron chi connectivity index (χ2n) is 4.55. The molecular formula is C16H13ClOS. The minimum Gasteiger partial charge on any atom is -0.383 e. The van der Waals surface area contributed by atoms with Crippen LogP contribution in [0.2, 0.25) is 5.02 Å². The molecule has 0 bridgehead atoms. The van der Waals surface area contributed by atoms with Gasteiger partial charge in [0.05, 0.1) is 0 Å². The van der Waals surface area contributed by atoms with E-state index in [-0.39, 0.29) is 0 Å². The molecule has 1 atom stereocenters. The lowest BCUT2D eigenvalue weighted by atomic mass is 9.98. The number of halogens is 1. The Morgan fingerprint density at radius 3 is 2.47 bits per heavy atom. The van der Waals surface area contributed by atoms with Gasteiger partial charge in [-0.05, 0) is 40.9 Å². The van der Waals surface area contributed by atoms with Gasteiger partial charge in [-0.15, -0.1) is 11.3 Å². The number of aryl methyl sites for hydroxylation is 1. The predicted molar refractivity (Wildman–Crippen MR) is 82.1 cm³/mol. The van der Waals surface area contributed by atoms with Crippen LogP contribution in [0, 0.1) is 6.92 Å². The molecule has 0 spiro atoms. The summed E-state index contributed by atoms with van der Waals surface area (Å²) in [5.74, 6) is 0. The number of aliphatic hydroxyl groups is 1. The molecule has 1 nitrogen and oxygen atoms in total. The molecule has 3 aromatic rings. The second-order valence-corrected chi connectivity index (χ2v) is 5.91. The van der Waals surface area contributed by atoms with Gasteiger partial charge >= 0.3 is 0 Å². The molecule has 0 radical (unpaired) electrons. The van der Waals surface area contributed by atoms with Crippen molar-refractivity contribution < 1.29 is 5.11 Å². The third-order valence-electron chi connectivity index (χ3n) is 3.35. The van der Waals surface area contributed by atoms with E-state index in [9.17, 15) is 5.11 Å². The molecule has 0 aliphatic rings. The molecule has 2 aromatic carbocycles. The third kappa shape index (κ3) is 2.16. The zero-order valence-electron chi connectivity index (χ0n) is 10.4. The first-order chi connectivity index (χ1) is 9.18. The minimum atomic E-state index is -0.595. The van der Waals surface area contributed by atoms with E-state index in [1.54, 1.807) is 11.3 Å². The van der Waals surface area contributed by atoms with Crippen molar-refractivity contribution in [3.63, 3.8) is 0 Å². The summed E-state index contributed by atoms with van der Waals surface area (Å²) >= 11 is 7.79. The highest BCUT2D eigenvalue weighted by molar-refractivity contribution is 7.10. The van der Waals surface area contributed by atoms with E-state index in [0.29, 0.717) is 0 Å². The molecule has 1 N–H and O–H groups in total. The maximum absolute atomic E-state index is 10.6. The van der Waals surface area contributed by atoms with Crippen LogP contribution >= 0.6 is 22.9 Å². The Bertz CT molecular complexity index is 732. The van der Waals surface area contributed by atoms with E-state index >= 15 is 0 Å². The molecular weight excluding hydrogens is 276 g/mol. The fourth-order valence-corrected chi connectivity index (χ4v) is 3.49. The number of fused-ring (bicyclic) bond motifs is 1. The molecule has 0 saturated carbocycles. The van der Waals surface area contributed by atoms with Crippen LogP contribution in [0.3, 0.4) is 0 Å². The first-order valence-corrected chi connectivity index (χ1v) is 7.33. The van der Waals surface area contributed by atoms with Crippen LogP contribution in [0.4, 0.5) is 0 Å². The molecule has 0 saturated heterocycles. The maximum atomic E-state index is 10.6. The van der Waals surface area contributed by atoms with Crippen LogP contribution in [0.15, 0.2) is 47.8 Å². The van der Waals surface area contributed by atoms with Crippen LogP contribution in [0.25, 0.3) is 10.8 Å². The minimum absolute atomic E-state index is 0.595. The molecule has 0 aliphatic carbocycles. The Morgan fingerprint density at radius 1 is 1.05 bits per heavy atom. The monoisotopic (exact) mass is 288 g/mol. The molecule has 0 amide bonds. The average molecular weight is 289 g/mol. The van der Waals surface area contributed by atoms with Crippen molar-refractivity contribution in [3.05, 3.63) is 68.9 Å². The van der Waals surface area contributed by atoms with Crippen LogP contribution in [-0.2, 0) is 0 Å². The maximum Gasteiger partial charge on any atom is 0.114 e. The summed E-state index contributed by atoms with van der Waals surface area (Å²) in [6, 6.07) is 13.7. The zero-order chi connectivity index (χ0) is 13.4. The summed E-state index contributed by atoms with van der Waals surface area (Å²) in [6.07, 6.45) is -0.595. The van der Waals surface area contributed by atoms with Crippen LogP contribution in [0.5, 0.6) is 0 Å². The van der Waals surface area contributed by atoms with E-state index in [2.05, 4.69) is 0 Å². The second kappa shape index (κ2) is 4.97. The SMILES string of the molecule is Cc1ccsc1C(O)c1ccc(Cl)c2ccccc12. The third-order valence-corrected chi connectivity index (χ3v) is 4.75. The van der Waals surface area contributed by atoms with Gasteiger partial charge in [0.2, 0.25) is 0 Å². The largest absolute Gasteiger partial charge is 0.383 e. The lowest BCUT2D eigenvalue weighted by molar-refractivity contribution is 0.225. The molecule has 1 unspecified atom stereocenters. The Kier molecular flexibility index (Phi) is 3.31. The number of aliphatic hydroxyl groups excluding tert-OH is 1. The van der Waals surface area contributed by atoms with Gasteiger partial charge in [-0.2, -0.15) is 0 Å². The van der Waals surface area contributed by atoms with Gasteiger partial charge in [0, 0.05) is 15.3 Å². The van der Waals surface area contributed by atoms with Gasteiger partial charge in [-0.25, -0.2) is 0 Å². The molecule has 3 rings (SSSR count). The highest BCUT2D eigenvalue weighted by Crippen LogP contribution is 2.35. The number of hydrogen-bond donors (Lipinski definition) is 1. The van der Waals surface area contributed by atoms with Crippen molar-refractivity contribution in [2.75, 3.05) is 0 Å². The van der Waals surface area contributed by atoms with Gasteiger partial charge in [0.15, 0.2) is 0 Å². The summed E-state index contributed by atoms with van der Waals surface area (Å²) in [6.45, 7) is 2.02. The summed E-state index contributed by atoms with van der Waals surface area (Å²) < 4.78 is 0. The van der Waals surface area contributed by atoms with Crippen molar-refractivity contribution in [1.82, 2.24) is 0 Å². The van der Waals surface area contributed by atoms with E-state index in [0.717, 1.165) is 31.8 Å². The summed E-state index contributed by atoms with van der Waals surface area (Å²) in [5.41, 5.74) is 2.03. The Balaban J connectivity index is 2.21. The van der Waals surface area contributed by atoms with Gasteiger partial charge in [0.1, 0.15) is 6.10 Å². The molecule has 0 aliphatic heterocycles. The fraction of sp³-hybridized carbons (Fsp3) is 0.125. The molecule has 3 heteroatoms. The van der Waals surface area contributed by atoms with Gasteiger partial charge in [0.25, 0.3) is 0 Å². The van der Waals surface area contributed by atoms with Crippen molar-refractivity contribution >= 4 is 33.7 Å². The van der Waals surface area contributed by atoms with Gasteiger partial charge in [-0.3, -0.25) is 0 Å². The number of benzene rings is 2. The molecule has 19 heavy (non-hydrogen) atoms. The smallest absolute Gasteiger partial charge is 0.114 e. The lowest BCUT2D eigenvalue weighted by Gasteiger charge is -2.14. The standard InChI is InChI=1S/C16H13ClOS/c1-10-8-9-19-16(10)15(18)13-6-7-14(17)12-5-3-2-4-11(12)13/h2-9,15,18H,1H3. The number of thiophene rings is 1. The predicted octanol–water partition coefficient (Wildman–Crippen LogP) is 4.94. The van der Waals surface area contributed by atoms with Crippen LogP contribution in [-0.4, -0.2) is 5.11 Å².